The molecule has 0 radical (unpaired) electrons. The minimum Gasteiger partial charge on any atom is -0.359 e. The van der Waals surface area contributed by atoms with Crippen LogP contribution in [0.1, 0.15) is 33.3 Å². The Bertz CT molecular complexity index is 433. The van der Waals surface area contributed by atoms with E-state index in [9.17, 15) is 0 Å². The van der Waals surface area contributed by atoms with Crippen LogP contribution in [0.15, 0.2) is 48.2 Å². The summed E-state index contributed by atoms with van der Waals surface area (Å²) in [4.78, 5) is 0. The Morgan fingerprint density at radius 1 is 1.29 bits per heavy atom. The van der Waals surface area contributed by atoms with Crippen LogP contribution in [0.4, 0.5) is 5.69 Å². The fourth-order valence-corrected chi connectivity index (χ4v) is 1.46. The molecule has 0 bridgehead atoms. The zero-order chi connectivity index (χ0) is 13.1. The summed E-state index contributed by atoms with van der Waals surface area (Å²) in [7, 11) is 0. The van der Waals surface area contributed by atoms with E-state index in [0.717, 1.165) is 17.0 Å². The van der Waals surface area contributed by atoms with Gasteiger partial charge in [-0.1, -0.05) is 39.5 Å². The third kappa shape index (κ3) is 4.48. The first-order valence-electron chi connectivity index (χ1n) is 6.00. The number of anilines is 1. The number of hydrogen-bond donors (Lipinski definition) is 1. The first-order valence-corrected chi connectivity index (χ1v) is 6.00. The highest BCUT2D eigenvalue weighted by atomic mass is 14.9. The van der Waals surface area contributed by atoms with E-state index >= 15 is 0 Å². The lowest BCUT2D eigenvalue weighted by molar-refractivity contribution is 0.518. The monoisotopic (exact) mass is 229 g/mol. The lowest BCUT2D eigenvalue weighted by atomic mass is 9.87. The van der Waals surface area contributed by atoms with Crippen molar-refractivity contribution in [1.82, 2.24) is 0 Å². The van der Waals surface area contributed by atoms with Gasteiger partial charge in [0.05, 0.1) is 0 Å². The van der Waals surface area contributed by atoms with Crippen molar-refractivity contribution in [2.75, 3.05) is 5.32 Å². The van der Waals surface area contributed by atoms with Gasteiger partial charge in [-0.2, -0.15) is 0 Å². The molecule has 1 rings (SSSR count). The van der Waals surface area contributed by atoms with Gasteiger partial charge in [0, 0.05) is 11.4 Å². The lowest BCUT2D eigenvalue weighted by Crippen LogP contribution is -2.08. The van der Waals surface area contributed by atoms with Gasteiger partial charge in [0.25, 0.3) is 0 Å². The summed E-state index contributed by atoms with van der Waals surface area (Å²) in [5.41, 5.74) is 4.76. The first kappa shape index (κ1) is 13.6. The molecule has 17 heavy (non-hydrogen) atoms. The van der Waals surface area contributed by atoms with Crippen LogP contribution in [0.2, 0.25) is 0 Å². The Hall–Kier alpha value is -1.50. The summed E-state index contributed by atoms with van der Waals surface area (Å²) < 4.78 is 0. The summed E-state index contributed by atoms with van der Waals surface area (Å²) in [6, 6.07) is 8.36. The van der Waals surface area contributed by atoms with E-state index in [0.29, 0.717) is 0 Å². The molecular formula is C16H23N. The highest BCUT2D eigenvalue weighted by Gasteiger charge is 2.12. The lowest BCUT2D eigenvalue weighted by Gasteiger charge is -2.20. The van der Waals surface area contributed by atoms with Crippen molar-refractivity contribution in [2.45, 2.75) is 34.6 Å². The molecule has 0 saturated carbocycles. The molecule has 0 unspecified atom stereocenters. The molecule has 1 N–H and O–H groups in total. The van der Waals surface area contributed by atoms with E-state index in [2.05, 4.69) is 76.9 Å². The second-order valence-electron chi connectivity index (χ2n) is 5.60. The van der Waals surface area contributed by atoms with Crippen LogP contribution >= 0.6 is 0 Å². The molecule has 1 nitrogen and oxygen atoms in total. The van der Waals surface area contributed by atoms with Crippen LogP contribution in [-0.4, -0.2) is 0 Å². The highest BCUT2D eigenvalue weighted by Crippen LogP contribution is 2.25. The molecule has 92 valence electrons. The third-order valence-corrected chi connectivity index (χ3v) is 2.71. The fourth-order valence-electron chi connectivity index (χ4n) is 1.46. The van der Waals surface area contributed by atoms with E-state index in [4.69, 9.17) is 0 Å². The number of aryl methyl sites for hydroxylation is 1. The van der Waals surface area contributed by atoms with Gasteiger partial charge < -0.3 is 5.32 Å². The van der Waals surface area contributed by atoms with Gasteiger partial charge in [0.2, 0.25) is 0 Å². The Balaban J connectivity index is 2.76. The molecule has 0 fully saturated rings. The maximum absolute atomic E-state index is 4.11. The van der Waals surface area contributed by atoms with Crippen LogP contribution in [0, 0.1) is 12.3 Å². The SMILES string of the molecule is C=C(/C=C(\C)Nc1cccc(C)c1)C(C)(C)C. The van der Waals surface area contributed by atoms with E-state index in [1.807, 2.05) is 0 Å². The van der Waals surface area contributed by atoms with Crippen molar-refractivity contribution in [2.24, 2.45) is 5.41 Å². The molecule has 0 atom stereocenters. The Labute approximate surface area is 105 Å². The Morgan fingerprint density at radius 3 is 2.47 bits per heavy atom. The standard InChI is InChI=1S/C16H23N/c1-12-8-7-9-15(10-12)17-14(3)11-13(2)16(4,5)6/h7-11,17H,2H2,1,3-6H3/b14-11+. The molecule has 0 heterocycles. The smallest absolute Gasteiger partial charge is 0.0384 e. The Morgan fingerprint density at radius 2 is 1.94 bits per heavy atom. The Kier molecular flexibility index (Phi) is 4.17. The predicted molar refractivity (Wildman–Crippen MR) is 77.2 cm³/mol. The van der Waals surface area contributed by atoms with Crippen molar-refractivity contribution in [3.63, 3.8) is 0 Å². The molecule has 0 aliphatic rings. The molecule has 1 heteroatoms. The number of allylic oxidation sites excluding steroid dienone is 3. The van der Waals surface area contributed by atoms with Gasteiger partial charge in [-0.25, -0.2) is 0 Å². The molecule has 1 aromatic carbocycles. The fraction of sp³-hybridized carbons (Fsp3) is 0.375. The number of nitrogens with one attached hydrogen (secondary N) is 1. The molecule has 0 aliphatic carbocycles. The van der Waals surface area contributed by atoms with Gasteiger partial charge in [0.1, 0.15) is 0 Å². The minimum atomic E-state index is 0.121. The summed E-state index contributed by atoms with van der Waals surface area (Å²) >= 11 is 0. The molecule has 0 spiro atoms. The largest absolute Gasteiger partial charge is 0.359 e. The van der Waals surface area contributed by atoms with Gasteiger partial charge in [0.15, 0.2) is 0 Å². The van der Waals surface area contributed by atoms with Crippen LogP contribution in [0.5, 0.6) is 0 Å². The van der Waals surface area contributed by atoms with E-state index in [1.54, 1.807) is 0 Å². The van der Waals surface area contributed by atoms with Gasteiger partial charge in [-0.3, -0.25) is 0 Å². The number of hydrogen-bond acceptors (Lipinski definition) is 1. The van der Waals surface area contributed by atoms with Crippen LogP contribution in [0.25, 0.3) is 0 Å². The quantitative estimate of drug-likeness (QED) is 0.726. The average molecular weight is 229 g/mol. The minimum absolute atomic E-state index is 0.121. The van der Waals surface area contributed by atoms with Crippen molar-refractivity contribution >= 4 is 5.69 Å². The molecule has 0 aliphatic heterocycles. The maximum Gasteiger partial charge on any atom is 0.0384 e. The molecule has 0 amide bonds. The zero-order valence-electron chi connectivity index (χ0n) is 11.6. The molecular weight excluding hydrogens is 206 g/mol. The van der Waals surface area contributed by atoms with E-state index in [1.165, 1.54) is 5.56 Å². The summed E-state index contributed by atoms with van der Waals surface area (Å²) in [5, 5.41) is 3.39. The maximum atomic E-state index is 4.11. The van der Waals surface area contributed by atoms with E-state index < -0.39 is 0 Å². The second-order valence-corrected chi connectivity index (χ2v) is 5.60. The van der Waals surface area contributed by atoms with Gasteiger partial charge in [-0.05, 0) is 48.6 Å². The van der Waals surface area contributed by atoms with Gasteiger partial charge in [-0.15, -0.1) is 0 Å². The van der Waals surface area contributed by atoms with Gasteiger partial charge >= 0.3 is 0 Å². The number of rotatable bonds is 3. The van der Waals surface area contributed by atoms with Crippen molar-refractivity contribution in [3.05, 3.63) is 53.8 Å². The number of benzene rings is 1. The van der Waals surface area contributed by atoms with Crippen molar-refractivity contribution in [1.29, 1.82) is 0 Å². The normalized spacial score (nSPS) is 12.4. The molecule has 1 aromatic rings. The topological polar surface area (TPSA) is 12.0 Å². The summed E-state index contributed by atoms with van der Waals surface area (Å²) in [6.07, 6.45) is 2.11. The van der Waals surface area contributed by atoms with Crippen LogP contribution in [-0.2, 0) is 0 Å². The average Bonchev–Trinajstić information content (AvgIpc) is 2.15. The van der Waals surface area contributed by atoms with Crippen LogP contribution in [0.3, 0.4) is 0 Å². The van der Waals surface area contributed by atoms with Crippen LogP contribution < -0.4 is 5.32 Å². The first-order chi connectivity index (χ1) is 7.79. The third-order valence-electron chi connectivity index (χ3n) is 2.71. The summed E-state index contributed by atoms with van der Waals surface area (Å²) in [6.45, 7) is 14.8. The highest BCUT2D eigenvalue weighted by molar-refractivity contribution is 5.50. The molecule has 0 aromatic heterocycles. The van der Waals surface area contributed by atoms with Crippen molar-refractivity contribution < 1.29 is 0 Å². The predicted octanol–water partition coefficient (Wildman–Crippen LogP) is 4.91. The van der Waals surface area contributed by atoms with Crippen molar-refractivity contribution in [3.8, 4) is 0 Å². The van der Waals surface area contributed by atoms with E-state index in [-0.39, 0.29) is 5.41 Å². The zero-order valence-corrected chi connectivity index (χ0v) is 11.6. The molecule has 0 saturated heterocycles. The summed E-state index contributed by atoms with van der Waals surface area (Å²) in [5.74, 6) is 0. The second kappa shape index (κ2) is 5.22.